The highest BCUT2D eigenvalue weighted by atomic mass is 127. The summed E-state index contributed by atoms with van der Waals surface area (Å²) in [6, 6.07) is 0. The second-order valence-corrected chi connectivity index (χ2v) is 6.07. The van der Waals surface area contributed by atoms with Crippen LogP contribution in [-0.4, -0.2) is 28.4 Å². The zero-order valence-corrected chi connectivity index (χ0v) is 15.4. The van der Waals surface area contributed by atoms with Gasteiger partial charge in [-0.25, -0.2) is 9.98 Å². The minimum absolute atomic E-state index is 0. The fourth-order valence-electron chi connectivity index (χ4n) is 2.29. The van der Waals surface area contributed by atoms with Gasteiger partial charge in [-0.05, 0) is 25.7 Å². The molecule has 0 bridgehead atoms. The molecule has 1 saturated carbocycles. The van der Waals surface area contributed by atoms with E-state index >= 15 is 0 Å². The first kappa shape index (κ1) is 16.5. The van der Waals surface area contributed by atoms with Gasteiger partial charge in [-0.1, -0.05) is 6.42 Å². The van der Waals surface area contributed by atoms with Gasteiger partial charge < -0.3 is 10.6 Å². The van der Waals surface area contributed by atoms with Crippen LogP contribution in [0.25, 0.3) is 4.96 Å². The molecule has 0 amide bonds. The van der Waals surface area contributed by atoms with Crippen LogP contribution in [0.4, 0.5) is 0 Å². The lowest BCUT2D eigenvalue weighted by Gasteiger charge is -2.26. The molecule has 3 rings (SSSR count). The Morgan fingerprint density at radius 1 is 1.48 bits per heavy atom. The van der Waals surface area contributed by atoms with E-state index in [2.05, 4.69) is 27.5 Å². The Balaban J connectivity index is 0.00000161. The molecule has 2 N–H and O–H groups in total. The molecule has 0 radical (unpaired) electrons. The number of nitrogens with zero attached hydrogens (tertiary/aromatic N) is 3. The van der Waals surface area contributed by atoms with Gasteiger partial charge in [0.25, 0.3) is 0 Å². The average molecular weight is 419 g/mol. The average Bonchev–Trinajstić information content (AvgIpc) is 2.94. The highest BCUT2D eigenvalue weighted by Gasteiger charge is 2.17. The standard InChI is InChI=1S/C14H21N5S.HI/c1-2-15-13(16-8-11-4-3-5-11)17-9-12-10-19-6-7-20-14(19)18-12;/h6-7,10-11H,2-5,8-9H2,1H3,(H2,15,16,17);1H. The highest BCUT2D eigenvalue weighted by Crippen LogP contribution is 2.25. The number of guanidine groups is 1. The number of halogens is 1. The Labute approximate surface area is 146 Å². The molecule has 1 fully saturated rings. The second kappa shape index (κ2) is 7.98. The van der Waals surface area contributed by atoms with Crippen LogP contribution >= 0.6 is 35.3 Å². The van der Waals surface area contributed by atoms with E-state index in [1.165, 1.54) is 19.3 Å². The smallest absolute Gasteiger partial charge is 0.193 e. The Kier molecular flexibility index (Phi) is 6.28. The Hall–Kier alpha value is -0.830. The Bertz CT molecular complexity index is 558. The SMILES string of the molecule is CCNC(=NCc1cn2ccsc2n1)NCC1CCC1.I. The van der Waals surface area contributed by atoms with Gasteiger partial charge in [0.05, 0.1) is 12.2 Å². The lowest BCUT2D eigenvalue weighted by atomic mass is 9.85. The molecule has 21 heavy (non-hydrogen) atoms. The van der Waals surface area contributed by atoms with Crippen molar-refractivity contribution in [1.82, 2.24) is 20.0 Å². The van der Waals surface area contributed by atoms with Crippen molar-refractivity contribution < 1.29 is 0 Å². The molecule has 1 aliphatic carbocycles. The molecule has 2 heterocycles. The summed E-state index contributed by atoms with van der Waals surface area (Å²) in [5.41, 5.74) is 1.01. The van der Waals surface area contributed by atoms with Crippen LogP contribution in [0.1, 0.15) is 31.9 Å². The molecular formula is C14H22IN5S. The normalized spacial score (nSPS) is 15.6. The molecule has 2 aromatic rings. The maximum Gasteiger partial charge on any atom is 0.193 e. The predicted molar refractivity (Wildman–Crippen MR) is 98.6 cm³/mol. The molecule has 116 valence electrons. The number of aliphatic imine (C=N–C) groups is 1. The van der Waals surface area contributed by atoms with Crippen molar-refractivity contribution in [1.29, 1.82) is 0 Å². The van der Waals surface area contributed by atoms with Gasteiger partial charge in [0.1, 0.15) is 0 Å². The number of hydrogen-bond acceptors (Lipinski definition) is 3. The van der Waals surface area contributed by atoms with Crippen molar-refractivity contribution in [2.45, 2.75) is 32.7 Å². The topological polar surface area (TPSA) is 53.7 Å². The van der Waals surface area contributed by atoms with Crippen LogP contribution in [0, 0.1) is 5.92 Å². The van der Waals surface area contributed by atoms with E-state index in [-0.39, 0.29) is 24.0 Å². The third kappa shape index (κ3) is 4.32. The summed E-state index contributed by atoms with van der Waals surface area (Å²) in [6.07, 6.45) is 8.16. The molecule has 5 nitrogen and oxygen atoms in total. The predicted octanol–water partition coefficient (Wildman–Crippen LogP) is 2.87. The van der Waals surface area contributed by atoms with E-state index in [0.717, 1.165) is 35.6 Å². The van der Waals surface area contributed by atoms with E-state index < -0.39 is 0 Å². The number of nitrogens with one attached hydrogen (secondary N) is 2. The number of fused-ring (bicyclic) bond motifs is 1. The first-order chi connectivity index (χ1) is 9.85. The first-order valence-corrected chi connectivity index (χ1v) is 8.16. The quantitative estimate of drug-likeness (QED) is 0.445. The molecule has 0 unspecified atom stereocenters. The maximum atomic E-state index is 4.61. The fraction of sp³-hybridized carbons (Fsp3) is 0.571. The van der Waals surface area contributed by atoms with Crippen LogP contribution in [0.5, 0.6) is 0 Å². The van der Waals surface area contributed by atoms with Crippen molar-refractivity contribution in [2.75, 3.05) is 13.1 Å². The molecular weight excluding hydrogens is 397 g/mol. The molecule has 0 aliphatic heterocycles. The summed E-state index contributed by atoms with van der Waals surface area (Å²) in [6.45, 7) is 4.63. The lowest BCUT2D eigenvalue weighted by Crippen LogP contribution is -2.41. The maximum absolute atomic E-state index is 4.61. The second-order valence-electron chi connectivity index (χ2n) is 5.20. The summed E-state index contributed by atoms with van der Waals surface area (Å²) in [4.78, 5) is 10.2. The van der Waals surface area contributed by atoms with E-state index in [4.69, 9.17) is 0 Å². The van der Waals surface area contributed by atoms with Crippen LogP contribution < -0.4 is 10.6 Å². The summed E-state index contributed by atoms with van der Waals surface area (Å²) < 4.78 is 2.05. The third-order valence-electron chi connectivity index (χ3n) is 3.67. The molecule has 1 aliphatic rings. The van der Waals surface area contributed by atoms with Gasteiger partial charge in [-0.3, -0.25) is 4.40 Å². The molecule has 0 aromatic carbocycles. The van der Waals surface area contributed by atoms with E-state index in [1.807, 2.05) is 22.2 Å². The Morgan fingerprint density at radius 3 is 3.00 bits per heavy atom. The van der Waals surface area contributed by atoms with Gasteiger partial charge in [-0.15, -0.1) is 35.3 Å². The number of hydrogen-bond donors (Lipinski definition) is 2. The minimum atomic E-state index is 0. The minimum Gasteiger partial charge on any atom is -0.357 e. The monoisotopic (exact) mass is 419 g/mol. The van der Waals surface area contributed by atoms with Gasteiger partial charge >= 0.3 is 0 Å². The highest BCUT2D eigenvalue weighted by molar-refractivity contribution is 14.0. The zero-order valence-electron chi connectivity index (χ0n) is 12.2. The Morgan fingerprint density at radius 2 is 2.33 bits per heavy atom. The lowest BCUT2D eigenvalue weighted by molar-refractivity contribution is 0.314. The van der Waals surface area contributed by atoms with Crippen molar-refractivity contribution in [3.63, 3.8) is 0 Å². The summed E-state index contributed by atoms with van der Waals surface area (Å²) >= 11 is 1.65. The number of thiazole rings is 1. The van der Waals surface area contributed by atoms with Gasteiger partial charge in [-0.2, -0.15) is 0 Å². The van der Waals surface area contributed by atoms with E-state index in [9.17, 15) is 0 Å². The number of imidazole rings is 1. The largest absolute Gasteiger partial charge is 0.357 e. The van der Waals surface area contributed by atoms with Crippen molar-refractivity contribution in [3.8, 4) is 0 Å². The third-order valence-corrected chi connectivity index (χ3v) is 4.44. The van der Waals surface area contributed by atoms with Crippen molar-refractivity contribution >= 4 is 46.2 Å². The zero-order chi connectivity index (χ0) is 13.8. The molecule has 7 heteroatoms. The van der Waals surface area contributed by atoms with Gasteiger partial charge in [0.2, 0.25) is 0 Å². The molecule has 0 saturated heterocycles. The van der Waals surface area contributed by atoms with Gasteiger partial charge in [0.15, 0.2) is 10.9 Å². The summed E-state index contributed by atoms with van der Waals surface area (Å²) in [7, 11) is 0. The summed E-state index contributed by atoms with van der Waals surface area (Å²) in [5, 5.41) is 8.76. The van der Waals surface area contributed by atoms with Crippen LogP contribution in [-0.2, 0) is 6.54 Å². The first-order valence-electron chi connectivity index (χ1n) is 7.28. The van der Waals surface area contributed by atoms with E-state index in [0.29, 0.717) is 6.54 Å². The van der Waals surface area contributed by atoms with Gasteiger partial charge in [0, 0.05) is 30.9 Å². The van der Waals surface area contributed by atoms with Crippen molar-refractivity contribution in [3.05, 3.63) is 23.5 Å². The summed E-state index contributed by atoms with van der Waals surface area (Å²) in [5.74, 6) is 1.73. The van der Waals surface area contributed by atoms with Crippen molar-refractivity contribution in [2.24, 2.45) is 10.9 Å². The molecule has 0 spiro atoms. The van der Waals surface area contributed by atoms with Crippen LogP contribution in [0.3, 0.4) is 0 Å². The fourth-order valence-corrected chi connectivity index (χ4v) is 3.01. The number of rotatable bonds is 5. The van der Waals surface area contributed by atoms with Crippen LogP contribution in [0.2, 0.25) is 0 Å². The van der Waals surface area contributed by atoms with Crippen LogP contribution in [0.15, 0.2) is 22.8 Å². The number of aromatic nitrogens is 2. The molecule has 2 aromatic heterocycles. The van der Waals surface area contributed by atoms with E-state index in [1.54, 1.807) is 11.3 Å². The molecule has 0 atom stereocenters.